The number of rotatable bonds is 7. The van der Waals surface area contributed by atoms with Gasteiger partial charge in [-0.1, -0.05) is 12.1 Å². The summed E-state index contributed by atoms with van der Waals surface area (Å²) in [7, 11) is 6.90. The lowest BCUT2D eigenvalue weighted by atomic mass is 10.1. The number of para-hydroxylation sites is 2. The minimum Gasteiger partial charge on any atom is -0.497 e. The summed E-state index contributed by atoms with van der Waals surface area (Å²) in [5.41, 5.74) is 2.54. The first-order chi connectivity index (χ1) is 14.8. The molecule has 8 nitrogen and oxygen atoms in total. The number of ketones is 1. The van der Waals surface area contributed by atoms with Gasteiger partial charge < -0.3 is 19.9 Å². The molecular formula is C23H25N5O3. The second-order valence-electron chi connectivity index (χ2n) is 7.29. The molecule has 0 spiro atoms. The number of amides is 1. The number of nitrogens with zero attached hydrogens (tertiary/aromatic N) is 4. The van der Waals surface area contributed by atoms with E-state index in [9.17, 15) is 14.9 Å². The zero-order valence-corrected chi connectivity index (χ0v) is 18.0. The third kappa shape index (κ3) is 4.68. The fourth-order valence-electron chi connectivity index (χ4n) is 3.56. The van der Waals surface area contributed by atoms with Gasteiger partial charge in [0, 0.05) is 19.8 Å². The van der Waals surface area contributed by atoms with E-state index in [1.807, 2.05) is 48.2 Å². The molecule has 31 heavy (non-hydrogen) atoms. The largest absolute Gasteiger partial charge is 0.497 e. The Morgan fingerprint density at radius 1 is 1.03 bits per heavy atom. The van der Waals surface area contributed by atoms with Gasteiger partial charge >= 0.3 is 0 Å². The van der Waals surface area contributed by atoms with E-state index >= 15 is 0 Å². The van der Waals surface area contributed by atoms with Gasteiger partial charge in [0.05, 0.1) is 31.6 Å². The predicted molar refractivity (Wildman–Crippen MR) is 120 cm³/mol. The molecule has 8 heteroatoms. The van der Waals surface area contributed by atoms with Crippen LogP contribution in [0.5, 0.6) is 5.75 Å². The summed E-state index contributed by atoms with van der Waals surface area (Å²) < 4.78 is 5.10. The Hall–Kier alpha value is -3.83. The molecule has 1 aliphatic rings. The Morgan fingerprint density at radius 2 is 1.61 bits per heavy atom. The van der Waals surface area contributed by atoms with E-state index in [2.05, 4.69) is 11.4 Å². The van der Waals surface area contributed by atoms with Crippen LogP contribution in [0.4, 0.5) is 17.1 Å². The Kier molecular flexibility index (Phi) is 6.58. The summed E-state index contributed by atoms with van der Waals surface area (Å²) in [6.45, 7) is -0.0435. The topological polar surface area (TPSA) is 88.9 Å². The highest BCUT2D eigenvalue weighted by Gasteiger charge is 2.31. The van der Waals surface area contributed by atoms with Crippen molar-refractivity contribution < 1.29 is 14.3 Å². The quantitative estimate of drug-likeness (QED) is 0.545. The molecule has 0 unspecified atom stereocenters. The Balaban J connectivity index is 1.66. The van der Waals surface area contributed by atoms with Crippen LogP contribution in [-0.2, 0) is 9.59 Å². The number of hydrogen-bond donors (Lipinski definition) is 1. The van der Waals surface area contributed by atoms with Crippen LogP contribution in [0, 0.1) is 11.3 Å². The van der Waals surface area contributed by atoms with Crippen LogP contribution in [-0.4, -0.2) is 57.9 Å². The standard InChI is InChI=1S/C23H25N5O3/c1-26(15-22(30)25-16-9-11-17(31-4)12-10-16)14-21(29)18(13-24)23-27(2)19-7-5-6-8-20(19)28(23)3/h5-12H,14-15H2,1-4H3,(H,25,30). The summed E-state index contributed by atoms with van der Waals surface area (Å²) >= 11 is 0. The molecule has 2 aromatic carbocycles. The third-order valence-corrected chi connectivity index (χ3v) is 5.05. The van der Waals surface area contributed by atoms with Crippen molar-refractivity contribution in [3.05, 3.63) is 59.9 Å². The number of carbonyl (C=O) groups is 2. The van der Waals surface area contributed by atoms with E-state index in [0.29, 0.717) is 17.3 Å². The van der Waals surface area contributed by atoms with E-state index in [1.165, 1.54) is 0 Å². The van der Waals surface area contributed by atoms with Crippen LogP contribution in [0.25, 0.3) is 0 Å². The zero-order valence-electron chi connectivity index (χ0n) is 18.0. The second kappa shape index (κ2) is 9.32. The number of fused-ring (bicyclic) bond motifs is 1. The maximum absolute atomic E-state index is 12.9. The first-order valence-corrected chi connectivity index (χ1v) is 9.72. The monoisotopic (exact) mass is 419 g/mol. The molecule has 0 saturated heterocycles. The molecule has 1 aliphatic heterocycles. The molecule has 0 fully saturated rings. The zero-order chi connectivity index (χ0) is 22.5. The van der Waals surface area contributed by atoms with E-state index in [0.717, 1.165) is 11.4 Å². The molecule has 0 bridgehead atoms. The fourth-order valence-corrected chi connectivity index (χ4v) is 3.56. The molecule has 3 rings (SSSR count). The van der Waals surface area contributed by atoms with Crippen LogP contribution >= 0.6 is 0 Å². The maximum Gasteiger partial charge on any atom is 0.238 e. The molecule has 0 aromatic heterocycles. The Morgan fingerprint density at radius 3 is 2.13 bits per heavy atom. The highest BCUT2D eigenvalue weighted by molar-refractivity contribution is 6.04. The number of ether oxygens (including phenoxy) is 1. The van der Waals surface area contributed by atoms with Gasteiger partial charge in [-0.15, -0.1) is 0 Å². The number of anilines is 3. The molecular weight excluding hydrogens is 394 g/mol. The Bertz CT molecular complexity index is 1020. The van der Waals surface area contributed by atoms with Crippen LogP contribution in [0.1, 0.15) is 0 Å². The SMILES string of the molecule is COc1ccc(NC(=O)CN(C)CC(=O)C(C#N)=C2N(C)c3ccccc3N2C)cc1. The summed E-state index contributed by atoms with van der Waals surface area (Å²) in [6.07, 6.45) is 0. The molecule has 0 saturated carbocycles. The third-order valence-electron chi connectivity index (χ3n) is 5.05. The van der Waals surface area contributed by atoms with Crippen LogP contribution in [0.2, 0.25) is 0 Å². The van der Waals surface area contributed by atoms with Gasteiger partial charge in [-0.3, -0.25) is 14.5 Å². The van der Waals surface area contributed by atoms with Crippen LogP contribution in [0.15, 0.2) is 59.9 Å². The van der Waals surface area contributed by atoms with Gasteiger partial charge in [0.15, 0.2) is 5.78 Å². The predicted octanol–water partition coefficient (Wildman–Crippen LogP) is 2.46. The molecule has 1 amide bonds. The van der Waals surface area contributed by atoms with E-state index in [4.69, 9.17) is 4.74 Å². The molecule has 1 N–H and O–H groups in total. The minimum atomic E-state index is -0.344. The number of benzene rings is 2. The summed E-state index contributed by atoms with van der Waals surface area (Å²) in [5, 5.41) is 12.5. The van der Waals surface area contributed by atoms with E-state index in [1.54, 1.807) is 43.3 Å². The highest BCUT2D eigenvalue weighted by Crippen LogP contribution is 2.40. The minimum absolute atomic E-state index is 0.0116. The van der Waals surface area contributed by atoms with Crippen molar-refractivity contribution in [2.45, 2.75) is 0 Å². The number of Topliss-reactive ketones (excluding diaryl/α,β-unsaturated/α-hetero) is 1. The first-order valence-electron chi connectivity index (χ1n) is 9.72. The maximum atomic E-state index is 12.9. The van der Waals surface area contributed by atoms with Crippen molar-refractivity contribution in [2.75, 3.05) is 56.5 Å². The molecule has 0 atom stereocenters. The fraction of sp³-hybridized carbons (Fsp3) is 0.261. The number of methoxy groups -OCH3 is 1. The van der Waals surface area contributed by atoms with Gasteiger partial charge in [0.1, 0.15) is 23.2 Å². The van der Waals surface area contributed by atoms with Gasteiger partial charge in [0.25, 0.3) is 0 Å². The summed E-state index contributed by atoms with van der Waals surface area (Å²) in [4.78, 5) is 30.5. The van der Waals surface area contributed by atoms with Crippen molar-refractivity contribution in [3.63, 3.8) is 0 Å². The van der Waals surface area contributed by atoms with Gasteiger partial charge in [-0.25, -0.2) is 0 Å². The van der Waals surface area contributed by atoms with Crippen LogP contribution in [0.3, 0.4) is 0 Å². The number of nitriles is 1. The molecule has 0 aliphatic carbocycles. The lowest BCUT2D eigenvalue weighted by Gasteiger charge is -2.21. The molecule has 160 valence electrons. The Labute approximate surface area is 181 Å². The van der Waals surface area contributed by atoms with Gasteiger partial charge in [0.2, 0.25) is 5.91 Å². The summed E-state index contributed by atoms with van der Waals surface area (Å²) in [5.74, 6) is 0.629. The number of likely N-dealkylation sites (N-methyl/N-ethyl adjacent to an activating group) is 1. The average molecular weight is 419 g/mol. The number of carbonyl (C=O) groups excluding carboxylic acids is 2. The van der Waals surface area contributed by atoms with Crippen molar-refractivity contribution >= 4 is 28.8 Å². The van der Waals surface area contributed by atoms with Crippen molar-refractivity contribution in [3.8, 4) is 11.8 Å². The van der Waals surface area contributed by atoms with Gasteiger partial charge in [-0.05, 0) is 43.4 Å². The van der Waals surface area contributed by atoms with Crippen molar-refractivity contribution in [1.29, 1.82) is 5.26 Å². The lowest BCUT2D eigenvalue weighted by molar-refractivity contribution is -0.119. The van der Waals surface area contributed by atoms with Crippen molar-refractivity contribution in [2.24, 2.45) is 0 Å². The average Bonchev–Trinajstić information content (AvgIpc) is 3.00. The van der Waals surface area contributed by atoms with Crippen molar-refractivity contribution in [1.82, 2.24) is 4.90 Å². The first kappa shape index (κ1) is 21.9. The van der Waals surface area contributed by atoms with E-state index in [-0.39, 0.29) is 30.4 Å². The summed E-state index contributed by atoms with van der Waals surface area (Å²) in [6, 6.07) is 16.7. The van der Waals surface area contributed by atoms with E-state index < -0.39 is 0 Å². The molecule has 0 radical (unpaired) electrons. The normalized spacial score (nSPS) is 12.5. The van der Waals surface area contributed by atoms with Gasteiger partial charge in [-0.2, -0.15) is 5.26 Å². The lowest BCUT2D eigenvalue weighted by Crippen LogP contribution is -2.35. The molecule has 1 heterocycles. The molecule has 2 aromatic rings. The number of nitrogens with one attached hydrogen (secondary N) is 1. The smallest absolute Gasteiger partial charge is 0.238 e. The second-order valence-corrected chi connectivity index (χ2v) is 7.29. The number of hydrogen-bond acceptors (Lipinski definition) is 7. The highest BCUT2D eigenvalue weighted by atomic mass is 16.5. The van der Waals surface area contributed by atoms with Crippen LogP contribution < -0.4 is 19.9 Å².